The first-order valence-corrected chi connectivity index (χ1v) is 7.24. The third kappa shape index (κ3) is 4.08. The second kappa shape index (κ2) is 7.07. The van der Waals surface area contributed by atoms with E-state index in [0.717, 1.165) is 4.88 Å². The van der Waals surface area contributed by atoms with Gasteiger partial charge in [-0.3, -0.25) is 0 Å². The molecule has 0 unspecified atom stereocenters. The SMILES string of the molecule is CN(CC[C@H](O)c1cccs1)C(=O)Oc1ccccc1. The number of hydrogen-bond acceptors (Lipinski definition) is 4. The number of thiophene rings is 1. The van der Waals surface area contributed by atoms with Crippen LogP contribution in [0.2, 0.25) is 0 Å². The van der Waals surface area contributed by atoms with Gasteiger partial charge in [0.1, 0.15) is 5.75 Å². The molecule has 2 aromatic rings. The molecule has 4 nitrogen and oxygen atoms in total. The van der Waals surface area contributed by atoms with Gasteiger partial charge in [0.25, 0.3) is 0 Å². The highest BCUT2D eigenvalue weighted by Crippen LogP contribution is 2.21. The molecule has 0 bridgehead atoms. The van der Waals surface area contributed by atoms with Crippen LogP contribution in [-0.4, -0.2) is 29.7 Å². The lowest BCUT2D eigenvalue weighted by Crippen LogP contribution is -2.31. The van der Waals surface area contributed by atoms with Crippen LogP contribution in [0.15, 0.2) is 47.8 Å². The van der Waals surface area contributed by atoms with E-state index in [1.165, 1.54) is 16.2 Å². The highest BCUT2D eigenvalue weighted by molar-refractivity contribution is 7.10. The molecule has 2 rings (SSSR count). The Hall–Kier alpha value is -1.85. The molecule has 0 aliphatic rings. The number of amides is 1. The maximum atomic E-state index is 11.8. The first-order valence-electron chi connectivity index (χ1n) is 6.36. The molecule has 1 aromatic carbocycles. The van der Waals surface area contributed by atoms with Gasteiger partial charge in [-0.1, -0.05) is 24.3 Å². The Bertz CT molecular complexity index is 527. The maximum absolute atomic E-state index is 11.8. The Labute approximate surface area is 122 Å². The summed E-state index contributed by atoms with van der Waals surface area (Å²) >= 11 is 1.51. The average molecular weight is 291 g/mol. The summed E-state index contributed by atoms with van der Waals surface area (Å²) in [6.07, 6.45) is -0.475. The van der Waals surface area contributed by atoms with Crippen molar-refractivity contribution in [3.05, 3.63) is 52.7 Å². The van der Waals surface area contributed by atoms with E-state index < -0.39 is 12.2 Å². The minimum Gasteiger partial charge on any atom is -0.410 e. The lowest BCUT2D eigenvalue weighted by Gasteiger charge is -2.18. The number of carbonyl (C=O) groups is 1. The molecule has 0 aliphatic carbocycles. The topological polar surface area (TPSA) is 49.8 Å². The van der Waals surface area contributed by atoms with Crippen LogP contribution >= 0.6 is 11.3 Å². The van der Waals surface area contributed by atoms with E-state index in [0.29, 0.717) is 18.7 Å². The second-order valence-electron chi connectivity index (χ2n) is 4.42. The van der Waals surface area contributed by atoms with Gasteiger partial charge in [-0.05, 0) is 30.0 Å². The summed E-state index contributed by atoms with van der Waals surface area (Å²) < 4.78 is 5.21. The van der Waals surface area contributed by atoms with Gasteiger partial charge in [0.15, 0.2) is 0 Å². The van der Waals surface area contributed by atoms with E-state index >= 15 is 0 Å². The summed E-state index contributed by atoms with van der Waals surface area (Å²) in [7, 11) is 1.66. The molecule has 1 heterocycles. The van der Waals surface area contributed by atoms with Crippen molar-refractivity contribution in [1.82, 2.24) is 4.90 Å². The van der Waals surface area contributed by atoms with Crippen LogP contribution in [0.25, 0.3) is 0 Å². The number of ether oxygens (including phenoxy) is 1. The summed E-state index contributed by atoms with van der Waals surface area (Å²) in [5.41, 5.74) is 0. The van der Waals surface area contributed by atoms with Crippen LogP contribution in [0.1, 0.15) is 17.4 Å². The molecule has 1 N–H and O–H groups in total. The first-order chi connectivity index (χ1) is 9.66. The molecule has 0 spiro atoms. The van der Waals surface area contributed by atoms with Gasteiger partial charge < -0.3 is 14.7 Å². The number of carbonyl (C=O) groups excluding carboxylic acids is 1. The molecule has 0 fully saturated rings. The third-order valence-electron chi connectivity index (χ3n) is 2.87. The number of nitrogens with zero attached hydrogens (tertiary/aromatic N) is 1. The fourth-order valence-electron chi connectivity index (χ4n) is 1.70. The average Bonchev–Trinajstić information content (AvgIpc) is 2.99. The van der Waals surface area contributed by atoms with E-state index in [2.05, 4.69) is 0 Å². The molecule has 20 heavy (non-hydrogen) atoms. The van der Waals surface area contributed by atoms with Crippen molar-refractivity contribution < 1.29 is 14.6 Å². The van der Waals surface area contributed by atoms with Crippen LogP contribution in [-0.2, 0) is 0 Å². The number of rotatable bonds is 5. The fourth-order valence-corrected chi connectivity index (χ4v) is 2.44. The summed E-state index contributed by atoms with van der Waals surface area (Å²) in [6, 6.07) is 12.7. The van der Waals surface area contributed by atoms with E-state index in [-0.39, 0.29) is 0 Å². The van der Waals surface area contributed by atoms with Crippen LogP contribution in [0, 0.1) is 0 Å². The number of para-hydroxylation sites is 1. The predicted octanol–water partition coefficient (Wildman–Crippen LogP) is 3.30. The maximum Gasteiger partial charge on any atom is 0.414 e. The summed E-state index contributed by atoms with van der Waals surface area (Å²) in [5.74, 6) is 0.517. The van der Waals surface area contributed by atoms with Crippen molar-refractivity contribution >= 4 is 17.4 Å². The smallest absolute Gasteiger partial charge is 0.410 e. The molecule has 1 atom stereocenters. The Kier molecular flexibility index (Phi) is 5.15. The predicted molar refractivity (Wildman–Crippen MR) is 79.0 cm³/mol. The first kappa shape index (κ1) is 14.6. The molecule has 1 aromatic heterocycles. The third-order valence-corrected chi connectivity index (χ3v) is 3.84. The molecule has 5 heteroatoms. The molecule has 0 aliphatic heterocycles. The van der Waals surface area contributed by atoms with Crippen molar-refractivity contribution in [2.75, 3.05) is 13.6 Å². The lowest BCUT2D eigenvalue weighted by atomic mass is 10.2. The van der Waals surface area contributed by atoms with Crippen molar-refractivity contribution in [3.63, 3.8) is 0 Å². The van der Waals surface area contributed by atoms with E-state index in [9.17, 15) is 9.90 Å². The van der Waals surface area contributed by atoms with Crippen LogP contribution in [0.3, 0.4) is 0 Å². The van der Waals surface area contributed by atoms with Gasteiger partial charge in [0.2, 0.25) is 0 Å². The zero-order valence-corrected chi connectivity index (χ0v) is 12.0. The van der Waals surface area contributed by atoms with Crippen LogP contribution < -0.4 is 4.74 Å². The molecule has 0 saturated carbocycles. The largest absolute Gasteiger partial charge is 0.414 e. The quantitative estimate of drug-likeness (QED) is 0.919. The lowest BCUT2D eigenvalue weighted by molar-refractivity contribution is 0.136. The van der Waals surface area contributed by atoms with Gasteiger partial charge in [0.05, 0.1) is 6.10 Å². The number of aliphatic hydroxyl groups is 1. The summed E-state index contributed by atoms with van der Waals surface area (Å²) in [6.45, 7) is 0.435. The van der Waals surface area contributed by atoms with Gasteiger partial charge in [-0.15, -0.1) is 11.3 Å². The van der Waals surface area contributed by atoms with Crippen LogP contribution in [0.5, 0.6) is 5.75 Å². The molecule has 1 amide bonds. The zero-order chi connectivity index (χ0) is 14.4. The monoisotopic (exact) mass is 291 g/mol. The van der Waals surface area contributed by atoms with Crippen molar-refractivity contribution in [3.8, 4) is 5.75 Å². The Morgan fingerprint density at radius 3 is 2.70 bits per heavy atom. The normalized spacial score (nSPS) is 11.9. The number of benzene rings is 1. The zero-order valence-electron chi connectivity index (χ0n) is 11.2. The summed E-state index contributed by atoms with van der Waals surface area (Å²) in [5, 5.41) is 11.9. The summed E-state index contributed by atoms with van der Waals surface area (Å²) in [4.78, 5) is 14.2. The highest BCUT2D eigenvalue weighted by atomic mass is 32.1. The van der Waals surface area contributed by atoms with Gasteiger partial charge >= 0.3 is 6.09 Å². The van der Waals surface area contributed by atoms with Crippen LogP contribution in [0.4, 0.5) is 4.79 Å². The van der Waals surface area contributed by atoms with E-state index in [4.69, 9.17) is 4.74 Å². The minimum absolute atomic E-state index is 0.422. The number of hydrogen-bond donors (Lipinski definition) is 1. The van der Waals surface area contributed by atoms with Gasteiger partial charge in [0, 0.05) is 18.5 Å². The fraction of sp³-hybridized carbons (Fsp3) is 0.267. The molecule has 0 saturated heterocycles. The molecular weight excluding hydrogens is 274 g/mol. The number of aliphatic hydroxyl groups excluding tert-OH is 1. The standard InChI is InChI=1S/C15H17NO3S/c1-16(10-9-13(17)14-8-5-11-20-14)15(18)19-12-6-3-2-4-7-12/h2-8,11,13,17H,9-10H2,1H3/t13-/m0/s1. The van der Waals surface area contributed by atoms with Gasteiger partial charge in [-0.25, -0.2) is 4.79 Å². The Morgan fingerprint density at radius 1 is 1.30 bits per heavy atom. The molecular formula is C15H17NO3S. The van der Waals surface area contributed by atoms with Gasteiger partial charge in [-0.2, -0.15) is 0 Å². The molecule has 0 radical (unpaired) electrons. The Balaban J connectivity index is 1.79. The second-order valence-corrected chi connectivity index (χ2v) is 5.40. The molecule has 106 valence electrons. The minimum atomic E-state index is -0.540. The highest BCUT2D eigenvalue weighted by Gasteiger charge is 2.14. The van der Waals surface area contributed by atoms with E-state index in [1.807, 2.05) is 35.7 Å². The van der Waals surface area contributed by atoms with Crippen molar-refractivity contribution in [1.29, 1.82) is 0 Å². The van der Waals surface area contributed by atoms with Crippen molar-refractivity contribution in [2.45, 2.75) is 12.5 Å². The van der Waals surface area contributed by atoms with Crippen molar-refractivity contribution in [2.24, 2.45) is 0 Å². The van der Waals surface area contributed by atoms with E-state index in [1.54, 1.807) is 19.2 Å². The Morgan fingerprint density at radius 2 is 2.05 bits per heavy atom.